The number of ether oxygens (including phenoxy) is 1. The normalized spacial score (nSPS) is 18.7. The molecule has 1 aromatic rings. The van der Waals surface area contributed by atoms with Crippen LogP contribution in [0.15, 0.2) is 12.1 Å². The van der Waals surface area contributed by atoms with Gasteiger partial charge in [0.15, 0.2) is 17.4 Å². The Balaban J connectivity index is 2.02. The lowest BCUT2D eigenvalue weighted by Crippen LogP contribution is -2.41. The van der Waals surface area contributed by atoms with Gasteiger partial charge >= 0.3 is 0 Å². The number of carbonyl (C=O) groups is 1. The predicted octanol–water partition coefficient (Wildman–Crippen LogP) is 2.85. The van der Waals surface area contributed by atoms with Crippen LogP contribution in [0, 0.1) is 11.6 Å². The van der Waals surface area contributed by atoms with Crippen molar-refractivity contribution in [3.8, 4) is 5.75 Å². The molecule has 0 saturated carbocycles. The number of carbonyl (C=O) groups excluding carboxylic acids is 1. The quantitative estimate of drug-likeness (QED) is 0.874. The molecule has 1 aliphatic rings. The van der Waals surface area contributed by atoms with Gasteiger partial charge in [0, 0.05) is 26.1 Å². The van der Waals surface area contributed by atoms with Gasteiger partial charge in [-0.1, -0.05) is 6.42 Å². The number of amides is 1. The minimum absolute atomic E-state index is 0.0355. The number of hydrogen-bond donors (Lipinski definition) is 1. The molecule has 1 N–H and O–H groups in total. The van der Waals surface area contributed by atoms with Crippen molar-refractivity contribution in [2.75, 3.05) is 20.2 Å². The zero-order valence-corrected chi connectivity index (χ0v) is 13.7. The van der Waals surface area contributed by atoms with E-state index < -0.39 is 11.6 Å². The Morgan fingerprint density at radius 1 is 1.35 bits per heavy atom. The van der Waals surface area contributed by atoms with E-state index in [-0.39, 0.29) is 11.7 Å². The number of halogens is 2. The van der Waals surface area contributed by atoms with Gasteiger partial charge in [-0.2, -0.15) is 0 Å². The maximum Gasteiger partial charge on any atom is 0.216 e. The van der Waals surface area contributed by atoms with E-state index >= 15 is 0 Å². The monoisotopic (exact) mass is 326 g/mol. The fourth-order valence-electron chi connectivity index (χ4n) is 3.14. The van der Waals surface area contributed by atoms with Crippen LogP contribution in [-0.2, 0) is 11.3 Å². The van der Waals surface area contributed by atoms with Gasteiger partial charge in [-0.25, -0.2) is 8.78 Å². The number of nitrogens with one attached hydrogen (secondary N) is 1. The third kappa shape index (κ3) is 4.89. The highest BCUT2D eigenvalue weighted by molar-refractivity contribution is 5.72. The fourth-order valence-corrected chi connectivity index (χ4v) is 3.14. The Labute approximate surface area is 135 Å². The van der Waals surface area contributed by atoms with Crippen molar-refractivity contribution in [1.29, 1.82) is 0 Å². The van der Waals surface area contributed by atoms with E-state index in [1.807, 2.05) is 0 Å². The summed E-state index contributed by atoms with van der Waals surface area (Å²) in [7, 11) is 1.25. The minimum atomic E-state index is -0.672. The number of nitrogens with zero attached hydrogens (tertiary/aromatic N) is 1. The molecule has 1 atom stereocenters. The summed E-state index contributed by atoms with van der Waals surface area (Å²) in [6.45, 7) is 3.53. The van der Waals surface area contributed by atoms with Crippen LogP contribution in [0.5, 0.6) is 5.75 Å². The van der Waals surface area contributed by atoms with Crippen LogP contribution >= 0.6 is 0 Å². The Kier molecular flexibility index (Phi) is 6.33. The number of benzene rings is 1. The van der Waals surface area contributed by atoms with Crippen LogP contribution in [0.4, 0.5) is 8.78 Å². The lowest BCUT2D eigenvalue weighted by Gasteiger charge is -2.36. The molecule has 0 aliphatic carbocycles. The topological polar surface area (TPSA) is 41.6 Å². The number of hydrogen-bond acceptors (Lipinski definition) is 3. The van der Waals surface area contributed by atoms with E-state index in [1.165, 1.54) is 26.2 Å². The summed E-state index contributed by atoms with van der Waals surface area (Å²) in [6, 6.07) is 2.99. The van der Waals surface area contributed by atoms with Gasteiger partial charge < -0.3 is 10.1 Å². The summed E-state index contributed by atoms with van der Waals surface area (Å²) in [6.07, 6.45) is 4.12. The number of methoxy groups -OCH3 is 1. The van der Waals surface area contributed by atoms with Crippen molar-refractivity contribution in [2.45, 2.75) is 45.2 Å². The highest BCUT2D eigenvalue weighted by Gasteiger charge is 2.23. The number of rotatable bonds is 6. The van der Waals surface area contributed by atoms with Crippen molar-refractivity contribution >= 4 is 5.91 Å². The fraction of sp³-hybridized carbons (Fsp3) is 0.588. The molecule has 1 heterocycles. The maximum atomic E-state index is 13.8. The highest BCUT2D eigenvalue weighted by atomic mass is 19.1. The zero-order valence-electron chi connectivity index (χ0n) is 13.7. The first-order valence-corrected chi connectivity index (χ1v) is 8.01. The van der Waals surface area contributed by atoms with Crippen LogP contribution < -0.4 is 10.1 Å². The Bertz CT molecular complexity index is 528. The molecule has 1 aromatic carbocycles. The summed E-state index contributed by atoms with van der Waals surface area (Å²) >= 11 is 0. The van der Waals surface area contributed by atoms with Crippen LogP contribution in [0.1, 0.15) is 38.2 Å². The van der Waals surface area contributed by atoms with E-state index in [0.29, 0.717) is 24.7 Å². The minimum Gasteiger partial charge on any atom is -0.491 e. The SMILES string of the molecule is COc1c(F)cc(CN2CCCC[C@H]2CCNC(C)=O)cc1F. The van der Waals surface area contributed by atoms with Crippen molar-refractivity contribution in [3.63, 3.8) is 0 Å². The third-order valence-electron chi connectivity index (χ3n) is 4.25. The first kappa shape index (κ1) is 17.7. The van der Waals surface area contributed by atoms with Crippen LogP contribution in [-0.4, -0.2) is 37.0 Å². The lowest BCUT2D eigenvalue weighted by atomic mass is 9.98. The summed E-state index contributed by atoms with van der Waals surface area (Å²) in [4.78, 5) is 13.2. The Hall–Kier alpha value is -1.69. The Morgan fingerprint density at radius 3 is 2.65 bits per heavy atom. The first-order valence-electron chi connectivity index (χ1n) is 8.01. The van der Waals surface area contributed by atoms with Crippen molar-refractivity contribution in [2.24, 2.45) is 0 Å². The third-order valence-corrected chi connectivity index (χ3v) is 4.25. The summed E-state index contributed by atoms with van der Waals surface area (Å²) in [5, 5.41) is 2.81. The van der Waals surface area contributed by atoms with Crippen LogP contribution in [0.25, 0.3) is 0 Å². The summed E-state index contributed by atoms with van der Waals surface area (Å²) in [5.41, 5.74) is 0.604. The molecule has 23 heavy (non-hydrogen) atoms. The molecule has 1 fully saturated rings. The number of likely N-dealkylation sites (tertiary alicyclic amines) is 1. The van der Waals surface area contributed by atoms with Crippen molar-refractivity contribution in [1.82, 2.24) is 10.2 Å². The second-order valence-corrected chi connectivity index (χ2v) is 5.98. The molecule has 0 spiro atoms. The van der Waals surface area contributed by atoms with E-state index in [0.717, 1.165) is 32.2 Å². The molecule has 0 radical (unpaired) electrons. The lowest BCUT2D eigenvalue weighted by molar-refractivity contribution is -0.119. The first-order chi connectivity index (χ1) is 11.0. The molecule has 0 aromatic heterocycles. The van der Waals surface area contributed by atoms with Gasteiger partial charge in [-0.3, -0.25) is 9.69 Å². The van der Waals surface area contributed by atoms with E-state index in [2.05, 4.69) is 10.2 Å². The van der Waals surface area contributed by atoms with Gasteiger partial charge in [0.05, 0.1) is 7.11 Å². The smallest absolute Gasteiger partial charge is 0.216 e. The molecule has 4 nitrogen and oxygen atoms in total. The van der Waals surface area contributed by atoms with Gasteiger partial charge in [0.1, 0.15) is 0 Å². The second kappa shape index (κ2) is 8.24. The molecule has 1 aliphatic heterocycles. The van der Waals surface area contributed by atoms with Gasteiger partial charge in [0.2, 0.25) is 5.91 Å². The van der Waals surface area contributed by atoms with Crippen molar-refractivity contribution in [3.05, 3.63) is 29.3 Å². The summed E-state index contributed by atoms with van der Waals surface area (Å²) < 4.78 is 32.4. The average Bonchev–Trinajstić information content (AvgIpc) is 2.48. The molecule has 0 bridgehead atoms. The molecule has 2 rings (SSSR count). The largest absolute Gasteiger partial charge is 0.491 e. The second-order valence-electron chi connectivity index (χ2n) is 5.98. The molecule has 6 heteroatoms. The molecule has 0 unspecified atom stereocenters. The van der Waals surface area contributed by atoms with Crippen molar-refractivity contribution < 1.29 is 18.3 Å². The van der Waals surface area contributed by atoms with Crippen LogP contribution in [0.2, 0.25) is 0 Å². The number of piperidine rings is 1. The maximum absolute atomic E-state index is 13.8. The predicted molar refractivity (Wildman–Crippen MR) is 84.3 cm³/mol. The summed E-state index contributed by atoms with van der Waals surface area (Å²) in [5.74, 6) is -1.72. The van der Waals surface area contributed by atoms with Gasteiger partial charge in [0.25, 0.3) is 0 Å². The standard InChI is InChI=1S/C17H24F2N2O2/c1-12(22)20-7-6-14-5-3-4-8-21(14)11-13-9-15(18)17(23-2)16(19)10-13/h9-10,14H,3-8,11H2,1-2H3,(H,20,22)/t14-/m0/s1. The Morgan fingerprint density at radius 2 is 2.04 bits per heavy atom. The van der Waals surface area contributed by atoms with Crippen LogP contribution in [0.3, 0.4) is 0 Å². The van der Waals surface area contributed by atoms with Gasteiger partial charge in [-0.05, 0) is 43.5 Å². The molecule has 1 amide bonds. The van der Waals surface area contributed by atoms with E-state index in [1.54, 1.807) is 0 Å². The molecule has 128 valence electrons. The molecule has 1 saturated heterocycles. The zero-order chi connectivity index (χ0) is 16.8. The van der Waals surface area contributed by atoms with E-state index in [4.69, 9.17) is 4.74 Å². The molecular weight excluding hydrogens is 302 g/mol. The highest BCUT2D eigenvalue weighted by Crippen LogP contribution is 2.26. The van der Waals surface area contributed by atoms with Gasteiger partial charge in [-0.15, -0.1) is 0 Å². The van der Waals surface area contributed by atoms with E-state index in [9.17, 15) is 13.6 Å². The average molecular weight is 326 g/mol. The molecular formula is C17H24F2N2O2.